The fourth-order valence-electron chi connectivity index (χ4n) is 5.66. The van der Waals surface area contributed by atoms with E-state index in [1.165, 1.54) is 12.5 Å². The summed E-state index contributed by atoms with van der Waals surface area (Å²) in [7, 11) is 0. The lowest BCUT2D eigenvalue weighted by atomic mass is 9.50. The second-order valence-electron chi connectivity index (χ2n) is 8.41. The van der Waals surface area contributed by atoms with Gasteiger partial charge in [-0.3, -0.25) is 4.79 Å². The number of ether oxygens (including phenoxy) is 2. The first-order valence-corrected chi connectivity index (χ1v) is 8.70. The van der Waals surface area contributed by atoms with E-state index in [2.05, 4.69) is 40.7 Å². The molecule has 3 heteroatoms. The number of carbonyl (C=O) groups is 1. The van der Waals surface area contributed by atoms with E-state index in [0.29, 0.717) is 11.8 Å². The molecule has 1 unspecified atom stereocenters. The molecule has 0 radical (unpaired) electrons. The second-order valence-corrected chi connectivity index (χ2v) is 8.41. The fourth-order valence-corrected chi connectivity index (χ4v) is 5.66. The Morgan fingerprint density at radius 1 is 1.41 bits per heavy atom. The SMILES string of the molecule is CC(=O)O[C@@H]1C[C@H]2O[C@@H]3C=C(C)CC[C@]3(C)[C@]1(C)C2C(C)C. The highest BCUT2D eigenvalue weighted by atomic mass is 16.6. The minimum atomic E-state index is -0.163. The van der Waals surface area contributed by atoms with Crippen LogP contribution in [0.3, 0.4) is 0 Å². The normalized spacial score (nSPS) is 47.1. The fraction of sp³-hybridized carbons (Fsp3) is 0.842. The maximum Gasteiger partial charge on any atom is 0.302 e. The maximum atomic E-state index is 11.6. The van der Waals surface area contributed by atoms with Crippen molar-refractivity contribution in [3.63, 3.8) is 0 Å². The van der Waals surface area contributed by atoms with Crippen molar-refractivity contribution in [1.82, 2.24) is 0 Å². The van der Waals surface area contributed by atoms with Gasteiger partial charge >= 0.3 is 5.97 Å². The molecule has 2 bridgehead atoms. The van der Waals surface area contributed by atoms with Crippen molar-refractivity contribution in [2.75, 3.05) is 0 Å². The summed E-state index contributed by atoms with van der Waals surface area (Å²) in [5.74, 6) is 0.814. The zero-order valence-electron chi connectivity index (χ0n) is 14.8. The van der Waals surface area contributed by atoms with Crippen molar-refractivity contribution in [3.8, 4) is 0 Å². The van der Waals surface area contributed by atoms with Gasteiger partial charge in [-0.2, -0.15) is 0 Å². The van der Waals surface area contributed by atoms with Gasteiger partial charge in [-0.25, -0.2) is 0 Å². The molecular weight excluding hydrogens is 276 g/mol. The van der Waals surface area contributed by atoms with Crippen LogP contribution in [0, 0.1) is 22.7 Å². The first kappa shape index (κ1) is 16.0. The Labute approximate surface area is 134 Å². The summed E-state index contributed by atoms with van der Waals surface area (Å²) in [6, 6.07) is 0. The summed E-state index contributed by atoms with van der Waals surface area (Å²) in [4.78, 5) is 11.6. The van der Waals surface area contributed by atoms with Crippen molar-refractivity contribution in [2.24, 2.45) is 22.7 Å². The van der Waals surface area contributed by atoms with Crippen LogP contribution in [0.1, 0.15) is 60.8 Å². The van der Waals surface area contributed by atoms with Gasteiger partial charge in [0, 0.05) is 24.2 Å². The van der Waals surface area contributed by atoms with E-state index in [4.69, 9.17) is 9.47 Å². The Kier molecular flexibility index (Phi) is 3.71. The smallest absolute Gasteiger partial charge is 0.302 e. The zero-order chi connectivity index (χ0) is 16.3. The minimum Gasteiger partial charge on any atom is -0.462 e. The Balaban J connectivity index is 2.08. The van der Waals surface area contributed by atoms with Crippen LogP contribution in [-0.4, -0.2) is 24.3 Å². The molecule has 0 aromatic rings. The van der Waals surface area contributed by atoms with E-state index in [1.807, 2.05) is 0 Å². The lowest BCUT2D eigenvalue weighted by Crippen LogP contribution is -2.60. The van der Waals surface area contributed by atoms with Gasteiger partial charge in [0.2, 0.25) is 0 Å². The average molecular weight is 306 g/mol. The number of esters is 1. The van der Waals surface area contributed by atoms with Crippen molar-refractivity contribution < 1.29 is 14.3 Å². The van der Waals surface area contributed by atoms with E-state index < -0.39 is 0 Å². The Bertz CT molecular complexity index is 509. The highest BCUT2D eigenvalue weighted by Gasteiger charge is 2.69. The molecule has 2 aliphatic carbocycles. The van der Waals surface area contributed by atoms with Gasteiger partial charge in [0.05, 0.1) is 12.2 Å². The number of carbonyl (C=O) groups excluding carboxylic acids is 1. The summed E-state index contributed by atoms with van der Waals surface area (Å²) in [6.07, 6.45) is 5.74. The van der Waals surface area contributed by atoms with Gasteiger partial charge in [0.25, 0.3) is 0 Å². The minimum absolute atomic E-state index is 0.0163. The molecule has 3 aliphatic rings. The molecular formula is C19H30O3. The van der Waals surface area contributed by atoms with Crippen LogP contribution in [0.4, 0.5) is 0 Å². The van der Waals surface area contributed by atoms with E-state index in [-0.39, 0.29) is 35.1 Å². The van der Waals surface area contributed by atoms with Crippen molar-refractivity contribution in [1.29, 1.82) is 0 Å². The molecule has 0 amide bonds. The van der Waals surface area contributed by atoms with E-state index in [1.54, 1.807) is 0 Å². The molecule has 22 heavy (non-hydrogen) atoms. The summed E-state index contributed by atoms with van der Waals surface area (Å²) in [5, 5.41) is 0. The summed E-state index contributed by atoms with van der Waals surface area (Å²) in [5.41, 5.74) is 1.45. The van der Waals surface area contributed by atoms with Gasteiger partial charge in [0.15, 0.2) is 0 Å². The van der Waals surface area contributed by atoms with Crippen LogP contribution in [-0.2, 0) is 14.3 Å². The highest BCUT2D eigenvalue weighted by Crippen LogP contribution is 2.66. The van der Waals surface area contributed by atoms with E-state index in [9.17, 15) is 4.79 Å². The number of allylic oxidation sites excluding steroid dienone is 1. The third kappa shape index (κ3) is 2.01. The molecule has 2 fully saturated rings. The molecule has 0 aromatic carbocycles. The lowest BCUT2D eigenvalue weighted by molar-refractivity contribution is -0.212. The molecule has 1 saturated heterocycles. The molecule has 1 saturated carbocycles. The Morgan fingerprint density at radius 2 is 2.09 bits per heavy atom. The van der Waals surface area contributed by atoms with Crippen LogP contribution in [0.25, 0.3) is 0 Å². The third-order valence-corrected chi connectivity index (χ3v) is 6.89. The average Bonchev–Trinajstić information content (AvgIpc) is 2.63. The predicted octanol–water partition coefficient (Wildman–Crippen LogP) is 4.11. The first-order valence-electron chi connectivity index (χ1n) is 8.70. The van der Waals surface area contributed by atoms with Crippen LogP contribution >= 0.6 is 0 Å². The topological polar surface area (TPSA) is 35.5 Å². The quantitative estimate of drug-likeness (QED) is 0.569. The van der Waals surface area contributed by atoms with Gasteiger partial charge in [-0.05, 0) is 31.6 Å². The van der Waals surface area contributed by atoms with E-state index >= 15 is 0 Å². The van der Waals surface area contributed by atoms with Gasteiger partial charge in [-0.15, -0.1) is 0 Å². The standard InChI is InChI=1S/C19H30O3/c1-11(2)17-14-10-16(21-13(4)20)19(17,6)18(5)8-7-12(3)9-15(18)22-14/h9,11,14-17H,7-8,10H2,1-6H3/t14-,15-,16-,17?,18+,19+/m1/s1. The monoisotopic (exact) mass is 306 g/mol. The molecule has 1 heterocycles. The summed E-state index contributed by atoms with van der Waals surface area (Å²) >= 11 is 0. The van der Waals surface area contributed by atoms with Crippen molar-refractivity contribution >= 4 is 5.97 Å². The largest absolute Gasteiger partial charge is 0.462 e. The lowest BCUT2D eigenvalue weighted by Gasteiger charge is -2.59. The first-order chi connectivity index (χ1) is 10.2. The van der Waals surface area contributed by atoms with Crippen molar-refractivity contribution in [2.45, 2.75) is 79.1 Å². The molecule has 0 aromatic heterocycles. The van der Waals surface area contributed by atoms with Crippen molar-refractivity contribution in [3.05, 3.63) is 11.6 Å². The number of rotatable bonds is 2. The third-order valence-electron chi connectivity index (χ3n) is 6.89. The van der Waals surface area contributed by atoms with Crippen LogP contribution in [0.15, 0.2) is 11.6 Å². The second kappa shape index (κ2) is 5.09. The molecule has 6 atom stereocenters. The maximum absolute atomic E-state index is 11.6. The molecule has 3 nitrogen and oxygen atoms in total. The summed E-state index contributed by atoms with van der Waals surface area (Å²) in [6.45, 7) is 13.0. The molecule has 1 aliphatic heterocycles. The number of hydrogen-bond donors (Lipinski definition) is 0. The highest BCUT2D eigenvalue weighted by molar-refractivity contribution is 5.66. The Morgan fingerprint density at radius 3 is 2.68 bits per heavy atom. The number of fused-ring (bicyclic) bond motifs is 4. The molecule has 0 spiro atoms. The predicted molar refractivity (Wildman–Crippen MR) is 86.4 cm³/mol. The van der Waals surface area contributed by atoms with Gasteiger partial charge in [-0.1, -0.05) is 39.3 Å². The molecule has 3 rings (SSSR count). The summed E-state index contributed by atoms with van der Waals surface area (Å²) < 4.78 is 12.3. The van der Waals surface area contributed by atoms with E-state index in [0.717, 1.165) is 19.3 Å². The molecule has 124 valence electrons. The Hall–Kier alpha value is -0.830. The molecule has 0 N–H and O–H groups in total. The van der Waals surface area contributed by atoms with Gasteiger partial charge in [0.1, 0.15) is 6.10 Å². The zero-order valence-corrected chi connectivity index (χ0v) is 14.8. The van der Waals surface area contributed by atoms with Crippen LogP contribution in [0.5, 0.6) is 0 Å². The van der Waals surface area contributed by atoms with Crippen LogP contribution in [0.2, 0.25) is 0 Å². The number of hydrogen-bond acceptors (Lipinski definition) is 3. The van der Waals surface area contributed by atoms with Gasteiger partial charge < -0.3 is 9.47 Å². The van der Waals surface area contributed by atoms with Crippen LogP contribution < -0.4 is 0 Å².